The average molecular weight is 239 g/mol. The summed E-state index contributed by atoms with van der Waals surface area (Å²) in [6.45, 7) is 3.76. The minimum atomic E-state index is -1.01. The van der Waals surface area contributed by atoms with Gasteiger partial charge in [-0.2, -0.15) is 0 Å². The summed E-state index contributed by atoms with van der Waals surface area (Å²) in [6, 6.07) is 6.01. The third kappa shape index (κ3) is 3.82. The molecule has 0 radical (unpaired) electrons. The Bertz CT molecular complexity index is 381. The number of hydrogen-bond donors (Lipinski definition) is 2. The molecule has 0 heterocycles. The fourth-order valence-corrected chi connectivity index (χ4v) is 1.41. The maximum Gasteiger partial charge on any atom is 0.222 e. The van der Waals surface area contributed by atoms with Crippen LogP contribution in [0, 0.1) is 11.7 Å². The standard InChI is InChI=1S/C13H18FNO2/c1-3-9(2)13(17)15-8-12(16)10-6-4-5-7-11(10)14/h4-7,9,12,16H,3,8H2,1-2H3,(H,15,17). The largest absolute Gasteiger partial charge is 0.386 e. The molecule has 94 valence electrons. The Morgan fingerprint density at radius 1 is 1.47 bits per heavy atom. The summed E-state index contributed by atoms with van der Waals surface area (Å²) in [7, 11) is 0. The van der Waals surface area contributed by atoms with Gasteiger partial charge in [0.2, 0.25) is 5.91 Å². The highest BCUT2D eigenvalue weighted by molar-refractivity contribution is 5.78. The van der Waals surface area contributed by atoms with E-state index >= 15 is 0 Å². The summed E-state index contributed by atoms with van der Waals surface area (Å²) in [4.78, 5) is 11.5. The lowest BCUT2D eigenvalue weighted by molar-refractivity contribution is -0.125. The number of nitrogens with one attached hydrogen (secondary N) is 1. The molecule has 0 aliphatic heterocycles. The predicted molar refractivity (Wildman–Crippen MR) is 63.8 cm³/mol. The number of amides is 1. The van der Waals surface area contributed by atoms with Crippen molar-refractivity contribution in [1.29, 1.82) is 0 Å². The second kappa shape index (κ2) is 6.35. The third-order valence-electron chi connectivity index (χ3n) is 2.79. The molecule has 0 aliphatic carbocycles. The topological polar surface area (TPSA) is 49.3 Å². The smallest absolute Gasteiger partial charge is 0.222 e. The van der Waals surface area contributed by atoms with Crippen molar-refractivity contribution < 1.29 is 14.3 Å². The van der Waals surface area contributed by atoms with E-state index < -0.39 is 11.9 Å². The molecule has 4 heteroatoms. The van der Waals surface area contributed by atoms with Crippen molar-refractivity contribution in [3.05, 3.63) is 35.6 Å². The molecule has 0 spiro atoms. The van der Waals surface area contributed by atoms with Gasteiger partial charge in [-0.25, -0.2) is 4.39 Å². The van der Waals surface area contributed by atoms with Crippen LogP contribution in [0.5, 0.6) is 0 Å². The van der Waals surface area contributed by atoms with Crippen LogP contribution in [0.2, 0.25) is 0 Å². The molecule has 1 aromatic rings. The highest BCUT2D eigenvalue weighted by atomic mass is 19.1. The summed E-state index contributed by atoms with van der Waals surface area (Å²) >= 11 is 0. The first-order chi connectivity index (χ1) is 8.06. The van der Waals surface area contributed by atoms with Crippen molar-refractivity contribution in [2.75, 3.05) is 6.54 Å². The summed E-state index contributed by atoms with van der Waals surface area (Å²) in [5, 5.41) is 12.4. The average Bonchev–Trinajstić information content (AvgIpc) is 2.35. The van der Waals surface area contributed by atoms with E-state index in [1.54, 1.807) is 12.1 Å². The van der Waals surface area contributed by atoms with Crippen LogP contribution in [0.4, 0.5) is 4.39 Å². The maximum absolute atomic E-state index is 13.3. The highest BCUT2D eigenvalue weighted by Crippen LogP contribution is 2.15. The number of carbonyl (C=O) groups excluding carboxylic acids is 1. The van der Waals surface area contributed by atoms with E-state index in [1.165, 1.54) is 12.1 Å². The Hall–Kier alpha value is -1.42. The minimum absolute atomic E-state index is 0.0319. The lowest BCUT2D eigenvalue weighted by Gasteiger charge is -2.15. The zero-order chi connectivity index (χ0) is 12.8. The highest BCUT2D eigenvalue weighted by Gasteiger charge is 2.15. The lowest BCUT2D eigenvalue weighted by Crippen LogP contribution is -2.32. The molecule has 2 atom stereocenters. The van der Waals surface area contributed by atoms with E-state index in [9.17, 15) is 14.3 Å². The molecule has 2 N–H and O–H groups in total. The Morgan fingerprint density at radius 2 is 2.12 bits per heavy atom. The Balaban J connectivity index is 2.53. The van der Waals surface area contributed by atoms with Gasteiger partial charge in [0.15, 0.2) is 0 Å². The van der Waals surface area contributed by atoms with Crippen LogP contribution in [0.15, 0.2) is 24.3 Å². The van der Waals surface area contributed by atoms with Gasteiger partial charge in [0.05, 0.1) is 6.10 Å². The monoisotopic (exact) mass is 239 g/mol. The van der Waals surface area contributed by atoms with E-state index in [0.717, 1.165) is 6.42 Å². The van der Waals surface area contributed by atoms with E-state index in [0.29, 0.717) is 0 Å². The van der Waals surface area contributed by atoms with Crippen LogP contribution < -0.4 is 5.32 Å². The second-order valence-electron chi connectivity index (χ2n) is 4.09. The quantitative estimate of drug-likeness (QED) is 0.826. The molecule has 0 aromatic heterocycles. The molecule has 0 bridgehead atoms. The number of rotatable bonds is 5. The zero-order valence-electron chi connectivity index (χ0n) is 10.1. The first-order valence-corrected chi connectivity index (χ1v) is 5.76. The van der Waals surface area contributed by atoms with Crippen molar-refractivity contribution in [1.82, 2.24) is 5.32 Å². The van der Waals surface area contributed by atoms with Crippen molar-refractivity contribution in [2.45, 2.75) is 26.4 Å². The first-order valence-electron chi connectivity index (χ1n) is 5.76. The van der Waals surface area contributed by atoms with E-state index in [2.05, 4.69) is 5.32 Å². The van der Waals surface area contributed by atoms with Crippen molar-refractivity contribution in [3.63, 3.8) is 0 Å². The summed E-state index contributed by atoms with van der Waals surface area (Å²) < 4.78 is 13.3. The summed E-state index contributed by atoms with van der Waals surface area (Å²) in [5.74, 6) is -0.677. The fourth-order valence-electron chi connectivity index (χ4n) is 1.41. The second-order valence-corrected chi connectivity index (χ2v) is 4.09. The normalized spacial score (nSPS) is 14.1. The van der Waals surface area contributed by atoms with Crippen LogP contribution >= 0.6 is 0 Å². The van der Waals surface area contributed by atoms with Crippen LogP contribution in [0.1, 0.15) is 31.9 Å². The Morgan fingerprint density at radius 3 is 2.71 bits per heavy atom. The minimum Gasteiger partial charge on any atom is -0.386 e. The molecular formula is C13H18FNO2. The molecule has 2 unspecified atom stereocenters. The number of aliphatic hydroxyl groups excluding tert-OH is 1. The van der Waals surface area contributed by atoms with Gasteiger partial charge in [0.1, 0.15) is 5.82 Å². The SMILES string of the molecule is CCC(C)C(=O)NCC(O)c1ccccc1F. The fraction of sp³-hybridized carbons (Fsp3) is 0.462. The van der Waals surface area contributed by atoms with Crippen molar-refractivity contribution >= 4 is 5.91 Å². The number of benzene rings is 1. The molecule has 3 nitrogen and oxygen atoms in total. The molecule has 1 rings (SSSR count). The molecular weight excluding hydrogens is 221 g/mol. The van der Waals surface area contributed by atoms with Crippen LogP contribution in [-0.2, 0) is 4.79 Å². The summed E-state index contributed by atoms with van der Waals surface area (Å²) in [5.41, 5.74) is 0.206. The molecule has 0 saturated carbocycles. The number of hydrogen-bond acceptors (Lipinski definition) is 2. The van der Waals surface area contributed by atoms with Crippen molar-refractivity contribution in [3.8, 4) is 0 Å². The first kappa shape index (κ1) is 13.6. The molecule has 0 aliphatic rings. The molecule has 1 aromatic carbocycles. The van der Waals surface area contributed by atoms with Gasteiger partial charge in [-0.05, 0) is 12.5 Å². The molecule has 17 heavy (non-hydrogen) atoms. The van der Waals surface area contributed by atoms with Crippen LogP contribution in [0.25, 0.3) is 0 Å². The van der Waals surface area contributed by atoms with E-state index in [1.807, 2.05) is 13.8 Å². The molecule has 0 fully saturated rings. The molecule has 0 saturated heterocycles. The van der Waals surface area contributed by atoms with E-state index in [-0.39, 0.29) is 23.9 Å². The Kier molecular flexibility index (Phi) is 5.10. The number of aliphatic hydroxyl groups is 1. The predicted octanol–water partition coefficient (Wildman–Crippen LogP) is 2.02. The van der Waals surface area contributed by atoms with Gasteiger partial charge in [-0.1, -0.05) is 32.0 Å². The lowest BCUT2D eigenvalue weighted by atomic mass is 10.1. The van der Waals surface area contributed by atoms with Crippen LogP contribution in [-0.4, -0.2) is 17.6 Å². The van der Waals surface area contributed by atoms with E-state index in [4.69, 9.17) is 0 Å². The van der Waals surface area contributed by atoms with Gasteiger partial charge in [0, 0.05) is 18.0 Å². The van der Waals surface area contributed by atoms with Gasteiger partial charge in [-0.15, -0.1) is 0 Å². The number of carbonyl (C=O) groups is 1. The van der Waals surface area contributed by atoms with Gasteiger partial charge in [0.25, 0.3) is 0 Å². The number of halogens is 1. The summed E-state index contributed by atoms with van der Waals surface area (Å²) in [6.07, 6.45) is -0.272. The van der Waals surface area contributed by atoms with Gasteiger partial charge in [-0.3, -0.25) is 4.79 Å². The van der Waals surface area contributed by atoms with Crippen LogP contribution in [0.3, 0.4) is 0 Å². The molecule has 1 amide bonds. The zero-order valence-corrected chi connectivity index (χ0v) is 10.1. The van der Waals surface area contributed by atoms with Gasteiger partial charge < -0.3 is 10.4 Å². The van der Waals surface area contributed by atoms with Gasteiger partial charge >= 0.3 is 0 Å². The Labute approximate surface area is 101 Å². The third-order valence-corrected chi connectivity index (χ3v) is 2.79. The van der Waals surface area contributed by atoms with Crippen molar-refractivity contribution in [2.24, 2.45) is 5.92 Å². The maximum atomic E-state index is 13.3.